The van der Waals surface area contributed by atoms with Gasteiger partial charge in [0.25, 0.3) is 0 Å². The average Bonchev–Trinajstić information content (AvgIpc) is 2.17. The van der Waals surface area contributed by atoms with E-state index in [-0.39, 0.29) is 10.9 Å². The molecule has 0 saturated carbocycles. The molecule has 0 radical (unpaired) electrons. The number of nitrogens with zero attached hydrogens (tertiary/aromatic N) is 1. The van der Waals surface area contributed by atoms with E-state index in [0.29, 0.717) is 4.47 Å². The van der Waals surface area contributed by atoms with Crippen molar-refractivity contribution in [2.75, 3.05) is 0 Å². The molecule has 1 aromatic heterocycles. The number of nitrogens with one attached hydrogen (secondary N) is 1. The number of hydrogen-bond donors (Lipinski definition) is 1. The molecule has 1 N–H and O–H groups in total. The zero-order valence-corrected chi connectivity index (χ0v) is 10.5. The normalized spacial score (nSPS) is 13.5. The Morgan fingerprint density at radius 2 is 2.27 bits per heavy atom. The second kappa shape index (κ2) is 4.87. The fourth-order valence-electron chi connectivity index (χ4n) is 0.900. The fraction of sp³-hybridized carbons (Fsp3) is 0.222. The first kappa shape index (κ1) is 12.4. The Hall–Kier alpha value is -0.720. The number of halogens is 1. The van der Waals surface area contributed by atoms with Crippen molar-refractivity contribution < 1.29 is 8.42 Å². The molecule has 1 heterocycles. The molecule has 6 heteroatoms. The summed E-state index contributed by atoms with van der Waals surface area (Å²) in [5.74, 6) is 0. The summed E-state index contributed by atoms with van der Waals surface area (Å²) in [6, 6.07) is 1.18. The summed E-state index contributed by atoms with van der Waals surface area (Å²) in [5.41, 5.74) is 0. The minimum Gasteiger partial charge on any atom is -0.262 e. The monoisotopic (exact) mass is 290 g/mol. The summed E-state index contributed by atoms with van der Waals surface area (Å²) < 4.78 is 26.5. The van der Waals surface area contributed by atoms with E-state index in [0.717, 1.165) is 0 Å². The molecule has 1 aromatic rings. The molecule has 0 fully saturated rings. The fourth-order valence-corrected chi connectivity index (χ4v) is 2.62. The van der Waals surface area contributed by atoms with Gasteiger partial charge in [-0.05, 0) is 28.9 Å². The zero-order chi connectivity index (χ0) is 11.5. The lowest BCUT2D eigenvalue weighted by molar-refractivity contribution is 0.575. The minimum absolute atomic E-state index is 0.130. The first-order valence-corrected chi connectivity index (χ1v) is 6.49. The Morgan fingerprint density at radius 1 is 1.60 bits per heavy atom. The second-order valence-electron chi connectivity index (χ2n) is 2.98. The van der Waals surface area contributed by atoms with Gasteiger partial charge in [-0.2, -0.15) is 0 Å². The number of hydrogen-bond acceptors (Lipinski definition) is 3. The van der Waals surface area contributed by atoms with Crippen molar-refractivity contribution in [3.8, 4) is 0 Å². The van der Waals surface area contributed by atoms with E-state index >= 15 is 0 Å². The molecule has 0 amide bonds. The number of sulfonamides is 1. The molecule has 0 aliphatic heterocycles. The Morgan fingerprint density at radius 3 is 2.80 bits per heavy atom. The minimum atomic E-state index is -3.51. The van der Waals surface area contributed by atoms with Crippen molar-refractivity contribution in [1.82, 2.24) is 9.71 Å². The highest BCUT2D eigenvalue weighted by Gasteiger charge is 2.16. The van der Waals surface area contributed by atoms with E-state index in [1.54, 1.807) is 6.92 Å². The Kier molecular flexibility index (Phi) is 4.01. The van der Waals surface area contributed by atoms with Gasteiger partial charge in [0.15, 0.2) is 0 Å². The largest absolute Gasteiger partial charge is 0.262 e. The van der Waals surface area contributed by atoms with Gasteiger partial charge < -0.3 is 0 Å². The molecule has 1 unspecified atom stereocenters. The highest BCUT2D eigenvalue weighted by molar-refractivity contribution is 9.10. The lowest BCUT2D eigenvalue weighted by Crippen LogP contribution is -2.31. The van der Waals surface area contributed by atoms with Crippen LogP contribution >= 0.6 is 15.9 Å². The maximum Gasteiger partial charge on any atom is 0.242 e. The first-order valence-electron chi connectivity index (χ1n) is 4.21. The van der Waals surface area contributed by atoms with E-state index in [9.17, 15) is 8.42 Å². The van der Waals surface area contributed by atoms with Gasteiger partial charge in [-0.1, -0.05) is 6.08 Å². The van der Waals surface area contributed by atoms with E-state index in [4.69, 9.17) is 0 Å². The highest BCUT2D eigenvalue weighted by Crippen LogP contribution is 2.14. The third-order valence-corrected chi connectivity index (χ3v) is 3.64. The maximum absolute atomic E-state index is 11.7. The molecule has 1 rings (SSSR count). The Balaban J connectivity index is 3.01. The molecule has 15 heavy (non-hydrogen) atoms. The van der Waals surface area contributed by atoms with Crippen LogP contribution in [0.3, 0.4) is 0 Å². The van der Waals surface area contributed by atoms with Crippen LogP contribution in [0.5, 0.6) is 0 Å². The van der Waals surface area contributed by atoms with Crippen molar-refractivity contribution in [3.05, 3.63) is 35.6 Å². The average molecular weight is 291 g/mol. The van der Waals surface area contributed by atoms with Crippen LogP contribution in [0.25, 0.3) is 0 Å². The van der Waals surface area contributed by atoms with Gasteiger partial charge in [0, 0.05) is 22.9 Å². The quantitative estimate of drug-likeness (QED) is 0.859. The van der Waals surface area contributed by atoms with Gasteiger partial charge in [-0.3, -0.25) is 4.98 Å². The van der Waals surface area contributed by atoms with Gasteiger partial charge in [0.05, 0.1) is 0 Å². The van der Waals surface area contributed by atoms with E-state index < -0.39 is 10.0 Å². The van der Waals surface area contributed by atoms with Crippen LogP contribution in [0, 0.1) is 0 Å². The van der Waals surface area contributed by atoms with Gasteiger partial charge >= 0.3 is 0 Å². The summed E-state index contributed by atoms with van der Waals surface area (Å²) in [7, 11) is -3.51. The highest BCUT2D eigenvalue weighted by atomic mass is 79.9. The molecule has 0 bridgehead atoms. The molecule has 82 valence electrons. The van der Waals surface area contributed by atoms with E-state index in [1.165, 1.54) is 24.5 Å². The van der Waals surface area contributed by atoms with Gasteiger partial charge in [-0.15, -0.1) is 6.58 Å². The third-order valence-electron chi connectivity index (χ3n) is 1.68. The Bertz CT molecular complexity index is 459. The molecule has 0 aliphatic rings. The smallest absolute Gasteiger partial charge is 0.242 e. The number of rotatable bonds is 4. The maximum atomic E-state index is 11.7. The van der Waals surface area contributed by atoms with Crippen molar-refractivity contribution in [1.29, 1.82) is 0 Å². The summed E-state index contributed by atoms with van der Waals surface area (Å²) >= 11 is 3.16. The third kappa shape index (κ3) is 3.40. The van der Waals surface area contributed by atoms with E-state index in [1.807, 2.05) is 0 Å². The van der Waals surface area contributed by atoms with Crippen molar-refractivity contribution in [2.45, 2.75) is 17.9 Å². The Labute approximate surface area is 97.6 Å². The molecular weight excluding hydrogens is 280 g/mol. The molecule has 0 aliphatic carbocycles. The van der Waals surface area contributed by atoms with Crippen molar-refractivity contribution in [3.63, 3.8) is 0 Å². The van der Waals surface area contributed by atoms with Gasteiger partial charge in [-0.25, -0.2) is 13.1 Å². The lowest BCUT2D eigenvalue weighted by atomic mass is 10.4. The molecule has 0 aromatic carbocycles. The van der Waals surface area contributed by atoms with Crippen molar-refractivity contribution >= 4 is 26.0 Å². The molecule has 0 saturated heterocycles. The van der Waals surface area contributed by atoms with Crippen LogP contribution in [0.2, 0.25) is 0 Å². The summed E-state index contributed by atoms with van der Waals surface area (Å²) in [6.45, 7) is 5.21. The van der Waals surface area contributed by atoms with Gasteiger partial charge in [0.1, 0.15) is 4.90 Å². The van der Waals surface area contributed by atoms with Crippen LogP contribution in [-0.4, -0.2) is 19.4 Å². The SMILES string of the molecule is C=CC(C)NS(=O)(=O)c1cncc(Br)c1. The lowest BCUT2D eigenvalue weighted by Gasteiger charge is -2.09. The number of pyridine rings is 1. The summed E-state index contributed by atoms with van der Waals surface area (Å²) in [4.78, 5) is 3.92. The number of aromatic nitrogens is 1. The van der Waals surface area contributed by atoms with Crippen molar-refractivity contribution in [2.24, 2.45) is 0 Å². The van der Waals surface area contributed by atoms with Crippen LogP contribution in [0.4, 0.5) is 0 Å². The zero-order valence-electron chi connectivity index (χ0n) is 8.14. The standard InChI is InChI=1S/C9H11BrN2O2S/c1-3-7(2)12-15(13,14)9-4-8(10)5-11-6-9/h3-7,12H,1H2,2H3. The topological polar surface area (TPSA) is 59.1 Å². The second-order valence-corrected chi connectivity index (χ2v) is 5.61. The van der Waals surface area contributed by atoms with E-state index in [2.05, 4.69) is 32.2 Å². The van der Waals surface area contributed by atoms with Gasteiger partial charge in [0.2, 0.25) is 10.0 Å². The summed E-state index contributed by atoms with van der Waals surface area (Å²) in [5, 5.41) is 0. The van der Waals surface area contributed by atoms with Crippen LogP contribution in [0.1, 0.15) is 6.92 Å². The molecule has 1 atom stereocenters. The predicted molar refractivity (Wildman–Crippen MR) is 61.9 cm³/mol. The molecular formula is C9H11BrN2O2S. The first-order chi connectivity index (χ1) is 6.95. The molecule has 0 spiro atoms. The molecule has 4 nitrogen and oxygen atoms in total. The predicted octanol–water partition coefficient (Wildman–Crippen LogP) is 1.70. The summed E-state index contributed by atoms with van der Waals surface area (Å²) in [6.07, 6.45) is 4.34. The van der Waals surface area contributed by atoms with Crippen LogP contribution in [-0.2, 0) is 10.0 Å². The van der Waals surface area contributed by atoms with Crippen LogP contribution < -0.4 is 4.72 Å². The van der Waals surface area contributed by atoms with Crippen LogP contribution in [0.15, 0.2) is 40.5 Å².